The Balaban J connectivity index is 1.81. The van der Waals surface area contributed by atoms with Crippen molar-refractivity contribution in [2.45, 2.75) is 0 Å². The number of aromatic nitrogens is 4. The predicted molar refractivity (Wildman–Crippen MR) is 69.3 cm³/mol. The fourth-order valence-corrected chi connectivity index (χ4v) is 1.55. The van der Waals surface area contributed by atoms with Gasteiger partial charge >= 0.3 is 0 Å². The summed E-state index contributed by atoms with van der Waals surface area (Å²) in [5.41, 5.74) is 5.22. The minimum absolute atomic E-state index is 0.577. The minimum Gasteiger partial charge on any atom is -0.329 e. The molecule has 0 radical (unpaired) electrons. The van der Waals surface area contributed by atoms with Crippen LogP contribution in [0.4, 0.5) is 5.82 Å². The summed E-state index contributed by atoms with van der Waals surface area (Å²) in [6.07, 6.45) is 4.76. The fraction of sp³-hybridized carbons (Fsp3) is 0. The van der Waals surface area contributed by atoms with Crippen LogP contribution in [0, 0.1) is 0 Å². The van der Waals surface area contributed by atoms with Gasteiger partial charge in [0, 0.05) is 0 Å². The van der Waals surface area contributed by atoms with Crippen molar-refractivity contribution in [3.63, 3.8) is 0 Å². The van der Waals surface area contributed by atoms with Crippen molar-refractivity contribution in [2.75, 3.05) is 5.43 Å². The van der Waals surface area contributed by atoms with Crippen molar-refractivity contribution >= 4 is 23.2 Å². The van der Waals surface area contributed by atoms with Gasteiger partial charge in [0.05, 0.1) is 12.5 Å². The number of imidazole rings is 1. The lowest BCUT2D eigenvalue weighted by atomic mass is 10.2. The molecule has 0 saturated carbocycles. The lowest BCUT2D eigenvalue weighted by molar-refractivity contribution is 1.17. The molecule has 0 aliphatic heterocycles. The number of rotatable bonds is 3. The van der Waals surface area contributed by atoms with Crippen LogP contribution in [0.2, 0.25) is 0 Å². The van der Waals surface area contributed by atoms with Crippen LogP contribution in [-0.4, -0.2) is 26.2 Å². The molecule has 2 N–H and O–H groups in total. The third-order valence-corrected chi connectivity index (χ3v) is 2.40. The Kier molecular flexibility index (Phi) is 2.67. The molecule has 2 aromatic heterocycles. The second-order valence-electron chi connectivity index (χ2n) is 3.60. The van der Waals surface area contributed by atoms with E-state index in [2.05, 4.69) is 30.5 Å². The first-order valence-electron chi connectivity index (χ1n) is 5.42. The van der Waals surface area contributed by atoms with Crippen LogP contribution in [0.5, 0.6) is 0 Å². The number of anilines is 1. The van der Waals surface area contributed by atoms with Crippen LogP contribution in [-0.2, 0) is 0 Å². The number of nitrogens with one attached hydrogen (secondary N) is 2. The number of hydrogen-bond donors (Lipinski definition) is 2. The molecular weight excluding hydrogens is 228 g/mol. The minimum atomic E-state index is 0.577. The van der Waals surface area contributed by atoms with Gasteiger partial charge in [-0.25, -0.2) is 15.0 Å². The zero-order valence-electron chi connectivity index (χ0n) is 9.41. The summed E-state index contributed by atoms with van der Waals surface area (Å²) < 4.78 is 0. The first-order chi connectivity index (χ1) is 8.93. The lowest BCUT2D eigenvalue weighted by Gasteiger charge is -1.98. The van der Waals surface area contributed by atoms with Crippen molar-refractivity contribution in [2.24, 2.45) is 5.10 Å². The van der Waals surface area contributed by atoms with Gasteiger partial charge in [-0.3, -0.25) is 5.43 Å². The summed E-state index contributed by atoms with van der Waals surface area (Å²) in [4.78, 5) is 15.2. The largest absolute Gasteiger partial charge is 0.329 e. The van der Waals surface area contributed by atoms with E-state index in [1.165, 1.54) is 6.33 Å². The molecule has 0 amide bonds. The van der Waals surface area contributed by atoms with Crippen LogP contribution >= 0.6 is 0 Å². The van der Waals surface area contributed by atoms with Gasteiger partial charge in [-0.15, -0.1) is 0 Å². The van der Waals surface area contributed by atoms with E-state index in [1.54, 1.807) is 12.5 Å². The van der Waals surface area contributed by atoms with Crippen LogP contribution in [0.15, 0.2) is 48.1 Å². The highest BCUT2D eigenvalue weighted by molar-refractivity contribution is 5.84. The summed E-state index contributed by atoms with van der Waals surface area (Å²) in [5, 5.41) is 4.12. The van der Waals surface area contributed by atoms with Gasteiger partial charge in [-0.2, -0.15) is 5.10 Å². The molecule has 3 rings (SSSR count). The molecule has 6 nitrogen and oxygen atoms in total. The third kappa shape index (κ3) is 2.03. The van der Waals surface area contributed by atoms with Crippen molar-refractivity contribution in [1.29, 1.82) is 0 Å². The molecule has 1 aromatic carbocycles. The number of fused-ring (bicyclic) bond motifs is 1. The third-order valence-electron chi connectivity index (χ3n) is 2.40. The lowest BCUT2D eigenvalue weighted by Crippen LogP contribution is -1.95. The maximum Gasteiger partial charge on any atom is 0.177 e. The molecule has 0 spiro atoms. The zero-order chi connectivity index (χ0) is 12.2. The van der Waals surface area contributed by atoms with E-state index in [-0.39, 0.29) is 0 Å². The number of H-pyrrole nitrogens is 1. The van der Waals surface area contributed by atoms with Gasteiger partial charge < -0.3 is 4.98 Å². The highest BCUT2D eigenvalue weighted by atomic mass is 15.3. The Labute approximate surface area is 103 Å². The second kappa shape index (κ2) is 4.62. The maximum atomic E-state index is 4.13. The number of aromatic amines is 1. The Bertz CT molecular complexity index is 673. The highest BCUT2D eigenvalue weighted by Crippen LogP contribution is 2.13. The number of nitrogens with zero attached hydrogens (tertiary/aromatic N) is 4. The molecule has 0 bridgehead atoms. The van der Waals surface area contributed by atoms with E-state index < -0.39 is 0 Å². The Morgan fingerprint density at radius 2 is 2.00 bits per heavy atom. The topological polar surface area (TPSA) is 78.9 Å². The fourth-order valence-electron chi connectivity index (χ4n) is 1.55. The molecule has 0 atom stereocenters. The van der Waals surface area contributed by atoms with Crippen molar-refractivity contribution in [3.05, 3.63) is 48.5 Å². The highest BCUT2D eigenvalue weighted by Gasteiger charge is 2.03. The van der Waals surface area contributed by atoms with Crippen LogP contribution in [0.3, 0.4) is 0 Å². The normalized spacial score (nSPS) is 11.1. The summed E-state index contributed by atoms with van der Waals surface area (Å²) >= 11 is 0. The van der Waals surface area contributed by atoms with E-state index in [4.69, 9.17) is 0 Å². The Morgan fingerprint density at radius 1 is 1.11 bits per heavy atom. The first kappa shape index (κ1) is 10.4. The van der Waals surface area contributed by atoms with Crippen LogP contribution in [0.25, 0.3) is 11.2 Å². The standard InChI is InChI=1S/C12H10N6/c1-2-4-9(5-3-1)6-17-18-12-10-11(14-7-13-10)15-8-16-12/h1-8H,(H2,13,14,15,16,18)/b17-6+. The van der Waals surface area contributed by atoms with Gasteiger partial charge in [0.25, 0.3) is 0 Å². The average Bonchev–Trinajstić information content (AvgIpc) is 2.89. The van der Waals surface area contributed by atoms with Crippen molar-refractivity contribution < 1.29 is 0 Å². The van der Waals surface area contributed by atoms with E-state index in [9.17, 15) is 0 Å². The SMILES string of the molecule is C(=N\Nc1ncnc2[nH]cnc12)/c1ccccc1. The molecule has 18 heavy (non-hydrogen) atoms. The van der Waals surface area contributed by atoms with E-state index >= 15 is 0 Å². The smallest absolute Gasteiger partial charge is 0.177 e. The molecule has 0 saturated heterocycles. The molecule has 3 aromatic rings. The molecular formula is C12H10N6. The van der Waals surface area contributed by atoms with Gasteiger partial charge in [-0.05, 0) is 5.56 Å². The quantitative estimate of drug-likeness (QED) is 0.538. The van der Waals surface area contributed by atoms with Gasteiger partial charge in [0.15, 0.2) is 17.0 Å². The van der Waals surface area contributed by atoms with Crippen molar-refractivity contribution in [3.8, 4) is 0 Å². The monoisotopic (exact) mass is 238 g/mol. The first-order valence-corrected chi connectivity index (χ1v) is 5.42. The molecule has 0 unspecified atom stereocenters. The van der Waals surface area contributed by atoms with Crippen molar-refractivity contribution in [1.82, 2.24) is 19.9 Å². The molecule has 2 heterocycles. The second-order valence-corrected chi connectivity index (χ2v) is 3.60. The van der Waals surface area contributed by atoms with E-state index in [0.29, 0.717) is 17.0 Å². The maximum absolute atomic E-state index is 4.13. The van der Waals surface area contributed by atoms with Gasteiger partial charge in [0.1, 0.15) is 6.33 Å². The Morgan fingerprint density at radius 3 is 2.89 bits per heavy atom. The number of hydrogen-bond acceptors (Lipinski definition) is 5. The average molecular weight is 238 g/mol. The Hall–Kier alpha value is -2.76. The predicted octanol–water partition coefficient (Wildman–Crippen LogP) is 1.80. The van der Waals surface area contributed by atoms with Gasteiger partial charge in [0.2, 0.25) is 0 Å². The molecule has 6 heteroatoms. The van der Waals surface area contributed by atoms with Crippen LogP contribution in [0.1, 0.15) is 5.56 Å². The summed E-state index contributed by atoms with van der Waals surface area (Å²) in [5.74, 6) is 0.577. The summed E-state index contributed by atoms with van der Waals surface area (Å²) in [6, 6.07) is 9.81. The number of benzene rings is 1. The zero-order valence-corrected chi connectivity index (χ0v) is 9.41. The molecule has 0 fully saturated rings. The molecule has 0 aliphatic carbocycles. The number of hydrazone groups is 1. The van der Waals surface area contributed by atoms with Crippen LogP contribution < -0.4 is 5.43 Å². The summed E-state index contributed by atoms with van der Waals surface area (Å²) in [7, 11) is 0. The molecule has 88 valence electrons. The summed E-state index contributed by atoms with van der Waals surface area (Å²) in [6.45, 7) is 0. The molecule has 0 aliphatic rings. The van der Waals surface area contributed by atoms with E-state index in [0.717, 1.165) is 5.56 Å². The van der Waals surface area contributed by atoms with E-state index in [1.807, 2.05) is 30.3 Å². The van der Waals surface area contributed by atoms with Gasteiger partial charge in [-0.1, -0.05) is 30.3 Å².